The molecule has 2 aliphatic carbocycles. The summed E-state index contributed by atoms with van der Waals surface area (Å²) in [4.78, 5) is 73.9. The number of methoxy groups -OCH3 is 1. The molecule has 1 aromatic carbocycles. The maximum absolute atomic E-state index is 14.7. The molecule has 4 aliphatic rings. The number of amides is 4. The largest absolute Gasteiger partial charge is 0.496 e. The lowest BCUT2D eigenvalue weighted by atomic mass is 10.0. The van der Waals surface area contributed by atoms with Crippen molar-refractivity contribution in [3.8, 4) is 11.5 Å². The first kappa shape index (κ1) is 39.4. The van der Waals surface area contributed by atoms with Gasteiger partial charge in [-0.1, -0.05) is 38.8 Å². The molecule has 0 bridgehead atoms. The second-order valence-corrected chi connectivity index (χ2v) is 17.9. The highest BCUT2D eigenvalue weighted by Crippen LogP contribution is 2.49. The van der Waals surface area contributed by atoms with E-state index in [0.717, 1.165) is 37.7 Å². The summed E-state index contributed by atoms with van der Waals surface area (Å²) in [7, 11) is 1.56. The fourth-order valence-electron chi connectivity index (χ4n) is 7.81. The van der Waals surface area contributed by atoms with E-state index in [1.165, 1.54) is 22.9 Å². The zero-order valence-electron chi connectivity index (χ0n) is 32.8. The number of pyridine rings is 1. The summed E-state index contributed by atoms with van der Waals surface area (Å²) in [6, 6.07) is 4.65. The van der Waals surface area contributed by atoms with E-state index in [9.17, 15) is 24.0 Å². The number of fused-ring (bicyclic) bond motifs is 3. The van der Waals surface area contributed by atoms with Gasteiger partial charge in [-0.2, -0.15) is 5.10 Å². The van der Waals surface area contributed by atoms with Gasteiger partial charge in [-0.05, 0) is 88.4 Å². The number of carbonyl (C=O) groups excluding carboxylic acids is 4. The number of allylic oxidation sites excluding steroid dienone is 1. The predicted molar refractivity (Wildman–Crippen MR) is 213 cm³/mol. The van der Waals surface area contributed by atoms with Crippen molar-refractivity contribution in [2.75, 3.05) is 13.7 Å². The van der Waals surface area contributed by atoms with Crippen LogP contribution >= 0.6 is 11.9 Å². The number of benzene rings is 1. The minimum absolute atomic E-state index is 0.00538. The van der Waals surface area contributed by atoms with Gasteiger partial charge in [0.05, 0.1) is 19.2 Å². The van der Waals surface area contributed by atoms with Gasteiger partial charge in [-0.15, -0.1) is 0 Å². The molecule has 2 aliphatic heterocycles. The monoisotopic (exact) mass is 787 g/mol. The van der Waals surface area contributed by atoms with Crippen LogP contribution in [0.15, 0.2) is 47.4 Å². The average molecular weight is 788 g/mol. The Morgan fingerprint density at radius 3 is 2.66 bits per heavy atom. The molecule has 3 aromatic rings. The van der Waals surface area contributed by atoms with Crippen LogP contribution in [-0.2, 0) is 20.9 Å². The lowest BCUT2D eigenvalue weighted by Crippen LogP contribution is -2.57. The summed E-state index contributed by atoms with van der Waals surface area (Å²) in [6.07, 6.45) is 11.3. The van der Waals surface area contributed by atoms with Crippen molar-refractivity contribution in [1.82, 2.24) is 35.0 Å². The number of hydrogen-bond donors (Lipinski definition) is 4. The summed E-state index contributed by atoms with van der Waals surface area (Å²) in [5, 5.41) is 11.1. The fourth-order valence-corrected chi connectivity index (χ4v) is 8.64. The van der Waals surface area contributed by atoms with Gasteiger partial charge in [0.15, 0.2) is 0 Å². The molecule has 5 unspecified atom stereocenters. The second-order valence-electron chi connectivity index (χ2n) is 16.5. The van der Waals surface area contributed by atoms with Crippen molar-refractivity contribution in [1.29, 1.82) is 0 Å². The highest BCUT2D eigenvalue weighted by molar-refractivity contribution is 7.99. The fraction of sp³-hybridized carbons (Fsp3) is 0.561. The quantitative estimate of drug-likeness (QED) is 0.170. The topological polar surface area (TPSA) is 177 Å². The van der Waals surface area contributed by atoms with E-state index in [0.29, 0.717) is 54.1 Å². The highest BCUT2D eigenvalue weighted by Gasteiger charge is 2.61. The maximum Gasteiger partial charge on any atom is 0.272 e. The van der Waals surface area contributed by atoms with E-state index in [2.05, 4.69) is 52.3 Å². The first-order valence-corrected chi connectivity index (χ1v) is 20.6. The predicted octanol–water partition coefficient (Wildman–Crippen LogP) is 4.56. The molecule has 4 N–H and O–H groups in total. The lowest BCUT2D eigenvalue weighted by molar-refractivity contribution is -0.141. The van der Waals surface area contributed by atoms with Crippen LogP contribution in [0, 0.1) is 18.8 Å². The van der Waals surface area contributed by atoms with Crippen molar-refractivity contribution in [2.45, 2.75) is 121 Å². The Hall–Kier alpha value is -4.79. The molecule has 300 valence electrons. The van der Waals surface area contributed by atoms with Gasteiger partial charge in [-0.25, -0.2) is 0 Å². The summed E-state index contributed by atoms with van der Waals surface area (Å²) < 4.78 is 16.7. The van der Waals surface area contributed by atoms with Crippen LogP contribution in [-0.4, -0.2) is 85.4 Å². The van der Waals surface area contributed by atoms with Crippen molar-refractivity contribution < 1.29 is 28.7 Å². The van der Waals surface area contributed by atoms with Crippen LogP contribution in [0.3, 0.4) is 0 Å². The van der Waals surface area contributed by atoms with Crippen LogP contribution in [0.4, 0.5) is 0 Å². The first-order valence-electron chi connectivity index (χ1n) is 19.8. The normalized spacial score (nSPS) is 26.1. The van der Waals surface area contributed by atoms with E-state index in [1.807, 2.05) is 13.0 Å². The van der Waals surface area contributed by atoms with Crippen LogP contribution in [0.25, 0.3) is 10.9 Å². The van der Waals surface area contributed by atoms with Gasteiger partial charge in [0.2, 0.25) is 11.8 Å². The van der Waals surface area contributed by atoms with E-state index < -0.39 is 41.4 Å². The highest BCUT2D eigenvalue weighted by atomic mass is 32.2. The van der Waals surface area contributed by atoms with Crippen LogP contribution < -0.4 is 30.4 Å². The Balaban J connectivity index is 1.19. The zero-order valence-corrected chi connectivity index (χ0v) is 33.6. The van der Waals surface area contributed by atoms with Crippen molar-refractivity contribution in [3.63, 3.8) is 0 Å². The molecule has 4 amide bonds. The first-order chi connectivity index (χ1) is 26.8. The molecule has 1 saturated heterocycles. The number of ether oxygens (including phenoxy) is 2. The molecule has 4 heterocycles. The third kappa shape index (κ3) is 8.47. The molecule has 3 fully saturated rings. The smallest absolute Gasteiger partial charge is 0.272 e. The molecule has 5 atom stereocenters. The van der Waals surface area contributed by atoms with Crippen LogP contribution in [0.1, 0.15) is 94.6 Å². The number of carbonyl (C=O) groups is 4. The second kappa shape index (κ2) is 16.0. The third-order valence-electron chi connectivity index (χ3n) is 11.4. The number of hydrogen-bond acceptors (Lipinski definition) is 9. The number of aryl methyl sites for hydroxylation is 1. The Morgan fingerprint density at radius 1 is 1.11 bits per heavy atom. The van der Waals surface area contributed by atoms with Crippen molar-refractivity contribution >= 4 is 46.5 Å². The number of H-pyrrole nitrogens is 1. The van der Waals surface area contributed by atoms with Gasteiger partial charge in [0, 0.05) is 46.8 Å². The molecule has 2 aromatic heterocycles. The van der Waals surface area contributed by atoms with Gasteiger partial charge in [-0.3, -0.25) is 33.4 Å². The molecule has 15 heteroatoms. The Bertz CT molecular complexity index is 2090. The number of aromatic nitrogens is 3. The molecule has 14 nitrogen and oxygen atoms in total. The summed E-state index contributed by atoms with van der Waals surface area (Å²) >= 11 is 1.40. The number of nitrogens with zero attached hydrogens (tertiary/aromatic N) is 3. The van der Waals surface area contributed by atoms with E-state index in [-0.39, 0.29) is 40.8 Å². The van der Waals surface area contributed by atoms with Gasteiger partial charge >= 0.3 is 0 Å². The minimum Gasteiger partial charge on any atom is -0.496 e. The molecule has 56 heavy (non-hydrogen) atoms. The number of nitrogens with one attached hydrogen (secondary N) is 4. The standard InChI is InChI=1S/C41H53N7O7S/c1-24(2)22-47-18-15-29(45-47)36(50)42-30-12-10-8-6-7-9-11-26-21-41(26,39(53)46-56-40(4)16-17-40)44-37(51)31-19-27(23-48(31)38(30)52)55-33-20-34(49)43-35-25(3)32(54-5)14-13-28(33)35/h9,11,13-15,18,20,24,26-27,30-31H,6-8,10,12,16-17,19,21-23H2,1-5H3,(H,42,50)(H,43,49)(H,44,51)(H,46,53). The minimum atomic E-state index is -1.15. The number of rotatable bonds is 10. The SMILES string of the molecule is COc1ccc2c(OC3CC4C(=O)NC5(C(=O)NSC6(C)CC6)CC5C=CCCCCCC(NC(=O)c5ccn(CC(C)C)n5)C(=O)N4C3)cc(=O)[nH]c2c1C. The van der Waals surface area contributed by atoms with Gasteiger partial charge in [0.25, 0.3) is 17.4 Å². The summed E-state index contributed by atoms with van der Waals surface area (Å²) in [5.41, 5.74) is -0.0233. The average Bonchev–Trinajstić information content (AvgIpc) is 3.92. The van der Waals surface area contributed by atoms with Crippen LogP contribution in [0.5, 0.6) is 11.5 Å². The Labute approximate surface area is 331 Å². The molecular weight excluding hydrogens is 735 g/mol. The zero-order chi connectivity index (χ0) is 39.8. The summed E-state index contributed by atoms with van der Waals surface area (Å²) in [5.74, 6) is -0.559. The number of aromatic amines is 1. The van der Waals surface area contributed by atoms with E-state index >= 15 is 0 Å². The van der Waals surface area contributed by atoms with Gasteiger partial charge < -0.3 is 30.0 Å². The van der Waals surface area contributed by atoms with Gasteiger partial charge in [0.1, 0.15) is 40.9 Å². The van der Waals surface area contributed by atoms with Crippen LogP contribution in [0.2, 0.25) is 0 Å². The Kier molecular flexibility index (Phi) is 11.3. The van der Waals surface area contributed by atoms with Crippen molar-refractivity contribution in [2.24, 2.45) is 11.8 Å². The Morgan fingerprint density at radius 2 is 1.91 bits per heavy atom. The molecule has 2 saturated carbocycles. The summed E-state index contributed by atoms with van der Waals surface area (Å²) in [6.45, 7) is 8.74. The van der Waals surface area contributed by atoms with Crippen molar-refractivity contribution in [3.05, 3.63) is 64.2 Å². The maximum atomic E-state index is 14.7. The lowest BCUT2D eigenvalue weighted by Gasteiger charge is -2.30. The third-order valence-corrected chi connectivity index (χ3v) is 12.6. The van der Waals surface area contributed by atoms with E-state index in [4.69, 9.17) is 9.47 Å². The molecule has 0 spiro atoms. The van der Waals surface area contributed by atoms with E-state index in [1.54, 1.807) is 36.2 Å². The molecule has 7 rings (SSSR count). The molecule has 0 radical (unpaired) electrons. The molecular formula is C41H53N7O7S.